The van der Waals surface area contributed by atoms with Crippen LogP contribution in [0.25, 0.3) is 0 Å². The second-order valence-corrected chi connectivity index (χ2v) is 12.7. The van der Waals surface area contributed by atoms with Gasteiger partial charge < -0.3 is 14.6 Å². The molecule has 0 aromatic heterocycles. The summed E-state index contributed by atoms with van der Waals surface area (Å²) in [7, 11) is 1.57. The summed E-state index contributed by atoms with van der Waals surface area (Å²) in [6.45, 7) is 0.580. The summed E-state index contributed by atoms with van der Waals surface area (Å²) < 4.78 is 12.3. The number of carbonyl (C=O) groups is 1. The molecule has 1 N–H and O–H groups in total. The number of esters is 1. The fourth-order valence-corrected chi connectivity index (χ4v) is 13.7. The van der Waals surface area contributed by atoms with Crippen molar-refractivity contribution >= 4 is 5.97 Å². The van der Waals surface area contributed by atoms with Crippen LogP contribution in [0.2, 0.25) is 0 Å². The second kappa shape index (κ2) is 5.09. The minimum Gasteiger partial charge on any atom is -0.493 e. The fraction of sp³-hybridized carbons (Fsp3) is 0.750. The number of hydrogen-bond donors (Lipinski definition) is 1. The van der Waals surface area contributed by atoms with Gasteiger partial charge in [0.15, 0.2) is 0 Å². The standard InChI is InChI=1S/C28H32O4/c1-31-25(29)27-22-15-9-5-8-14(15)21-19(22)20-23(27)16-10-11-17-18(16)24(20)26(21,28(17,27)30)12-32-13-6-3-2-4-7-13/h2-4,6-7,14-24,30H,5,8-12H2,1H3/t14-,15+,16+,17+,18+,19-,20+,21+,22+,23-,24-,26+,27-,28-/m0/s1. The smallest absolute Gasteiger partial charge is 0.315 e. The lowest BCUT2D eigenvalue weighted by Crippen LogP contribution is -2.74. The van der Waals surface area contributed by atoms with Gasteiger partial charge in [-0.1, -0.05) is 24.6 Å². The average Bonchev–Trinajstić information content (AvgIpc) is 3.59. The third kappa shape index (κ3) is 1.32. The Hall–Kier alpha value is -1.55. The van der Waals surface area contributed by atoms with Gasteiger partial charge in [-0.2, -0.15) is 0 Å². The summed E-state index contributed by atoms with van der Waals surface area (Å²) in [6, 6.07) is 10.2. The highest BCUT2D eigenvalue weighted by atomic mass is 16.5. The van der Waals surface area contributed by atoms with E-state index in [0.29, 0.717) is 65.8 Å². The predicted octanol–water partition coefficient (Wildman–Crippen LogP) is 3.78. The van der Waals surface area contributed by atoms with E-state index in [1.54, 1.807) is 7.11 Å². The fourth-order valence-electron chi connectivity index (χ4n) is 13.7. The highest BCUT2D eigenvalue weighted by Gasteiger charge is 3.02. The summed E-state index contributed by atoms with van der Waals surface area (Å²) in [6.07, 6.45) is 6.12. The lowest BCUT2D eigenvalue weighted by molar-refractivity contribution is -0.271. The maximum atomic E-state index is 14.0. The number of carbonyl (C=O) groups excluding carboxylic acids is 1. The van der Waals surface area contributed by atoms with Crippen LogP contribution < -0.4 is 4.74 Å². The van der Waals surface area contributed by atoms with Crippen molar-refractivity contribution in [2.24, 2.45) is 75.9 Å². The summed E-state index contributed by atoms with van der Waals surface area (Å²) in [5.41, 5.74) is -1.89. The number of para-hydroxylation sites is 1. The van der Waals surface area contributed by atoms with Crippen LogP contribution in [0.4, 0.5) is 0 Å². The van der Waals surface area contributed by atoms with Gasteiger partial charge in [-0.05, 0) is 103 Å². The number of fused-ring (bicyclic) bond motifs is 1. The molecule has 168 valence electrons. The van der Waals surface area contributed by atoms with Crippen LogP contribution in [0.1, 0.15) is 32.1 Å². The first kappa shape index (κ1) is 17.9. The van der Waals surface area contributed by atoms with E-state index < -0.39 is 11.0 Å². The summed E-state index contributed by atoms with van der Waals surface area (Å²) in [4.78, 5) is 14.0. The van der Waals surface area contributed by atoms with Crippen LogP contribution in [0.5, 0.6) is 5.75 Å². The number of ether oxygens (including phenoxy) is 2. The van der Waals surface area contributed by atoms with Crippen LogP contribution in [-0.4, -0.2) is 30.4 Å². The van der Waals surface area contributed by atoms with Crippen molar-refractivity contribution in [1.82, 2.24) is 0 Å². The van der Waals surface area contributed by atoms with E-state index in [9.17, 15) is 9.90 Å². The molecule has 14 atom stereocenters. The van der Waals surface area contributed by atoms with Crippen molar-refractivity contribution in [3.8, 4) is 5.75 Å². The van der Waals surface area contributed by atoms with Gasteiger partial charge in [-0.15, -0.1) is 0 Å². The van der Waals surface area contributed by atoms with Crippen molar-refractivity contribution in [3.63, 3.8) is 0 Å². The molecule has 0 spiro atoms. The topological polar surface area (TPSA) is 55.8 Å². The van der Waals surface area contributed by atoms with Gasteiger partial charge >= 0.3 is 5.97 Å². The number of rotatable bonds is 4. The molecule has 0 heterocycles. The quantitative estimate of drug-likeness (QED) is 0.736. The van der Waals surface area contributed by atoms with Gasteiger partial charge in [0.05, 0.1) is 19.3 Å². The van der Waals surface area contributed by atoms with E-state index in [1.807, 2.05) is 30.3 Å². The number of hydrogen-bond acceptors (Lipinski definition) is 4. The summed E-state index contributed by atoms with van der Waals surface area (Å²) in [5, 5.41) is 13.2. The molecule has 4 nitrogen and oxygen atoms in total. The van der Waals surface area contributed by atoms with Crippen molar-refractivity contribution in [2.45, 2.75) is 37.7 Å². The number of methoxy groups -OCH3 is 1. The Labute approximate surface area is 189 Å². The van der Waals surface area contributed by atoms with Gasteiger partial charge in [0.2, 0.25) is 0 Å². The normalized spacial score (nSPS) is 62.4. The van der Waals surface area contributed by atoms with Crippen molar-refractivity contribution in [1.29, 1.82) is 0 Å². The average molecular weight is 433 g/mol. The molecule has 9 fully saturated rings. The highest BCUT2D eigenvalue weighted by molar-refractivity contribution is 5.83. The Morgan fingerprint density at radius 1 is 0.938 bits per heavy atom. The van der Waals surface area contributed by atoms with Crippen LogP contribution in [0, 0.1) is 75.9 Å². The molecule has 9 bridgehead atoms. The molecule has 0 saturated heterocycles. The molecule has 0 unspecified atom stereocenters. The molecule has 1 aromatic carbocycles. The first-order chi connectivity index (χ1) is 15.6. The van der Waals surface area contributed by atoms with Gasteiger partial charge in [0.25, 0.3) is 0 Å². The number of benzene rings is 1. The molecular weight excluding hydrogens is 400 g/mol. The van der Waals surface area contributed by atoms with E-state index in [1.165, 1.54) is 25.7 Å². The number of aliphatic hydroxyl groups is 1. The molecule has 0 amide bonds. The van der Waals surface area contributed by atoms with Crippen molar-refractivity contribution in [3.05, 3.63) is 30.3 Å². The molecule has 0 radical (unpaired) electrons. The van der Waals surface area contributed by atoms with E-state index in [4.69, 9.17) is 9.47 Å². The Balaban J connectivity index is 1.32. The molecule has 9 aliphatic carbocycles. The third-order valence-corrected chi connectivity index (χ3v) is 13.2. The monoisotopic (exact) mass is 432 g/mol. The van der Waals surface area contributed by atoms with Crippen LogP contribution >= 0.6 is 0 Å². The van der Waals surface area contributed by atoms with E-state index in [0.717, 1.165) is 12.2 Å². The maximum Gasteiger partial charge on any atom is 0.315 e. The van der Waals surface area contributed by atoms with Crippen LogP contribution in [0.3, 0.4) is 0 Å². The zero-order chi connectivity index (χ0) is 21.2. The van der Waals surface area contributed by atoms with Gasteiger partial charge in [-0.3, -0.25) is 4.79 Å². The summed E-state index contributed by atoms with van der Waals surface area (Å²) >= 11 is 0. The summed E-state index contributed by atoms with van der Waals surface area (Å²) in [5.74, 6) is 6.66. The zero-order valence-corrected chi connectivity index (χ0v) is 18.7. The maximum absolute atomic E-state index is 14.0. The van der Waals surface area contributed by atoms with Gasteiger partial charge in [0.1, 0.15) is 11.2 Å². The van der Waals surface area contributed by atoms with E-state index in [-0.39, 0.29) is 17.3 Å². The lowest BCUT2D eigenvalue weighted by Gasteiger charge is -2.63. The lowest BCUT2D eigenvalue weighted by atomic mass is 9.42. The SMILES string of the molecule is COC(=O)[C@@]12[C@@H]3[C@@H]4CCC[C@@H]4[C@@H]4[C@@H]3[C@H]3[C@@H]5[C@@H]6[C@@H](CC[C@H]6[C@]1(O)[C@@]54COc1ccccc1)[C@@H]32. The first-order valence-electron chi connectivity index (χ1n) is 13.1. The van der Waals surface area contributed by atoms with E-state index >= 15 is 0 Å². The molecule has 4 heteroatoms. The largest absolute Gasteiger partial charge is 0.493 e. The van der Waals surface area contributed by atoms with E-state index in [2.05, 4.69) is 0 Å². The molecule has 0 aliphatic heterocycles. The highest BCUT2D eigenvalue weighted by Crippen LogP contribution is 2.98. The minimum absolute atomic E-state index is 0.0618. The van der Waals surface area contributed by atoms with Crippen molar-refractivity contribution in [2.75, 3.05) is 13.7 Å². The molecule has 32 heavy (non-hydrogen) atoms. The molecule has 9 aliphatic rings. The molecule has 1 aromatic rings. The second-order valence-electron chi connectivity index (χ2n) is 12.7. The Morgan fingerprint density at radius 3 is 2.44 bits per heavy atom. The molecular formula is C28H32O4. The Bertz CT molecular complexity index is 1050. The van der Waals surface area contributed by atoms with Crippen molar-refractivity contribution < 1.29 is 19.4 Å². The van der Waals surface area contributed by atoms with Gasteiger partial charge in [0, 0.05) is 5.41 Å². The third-order valence-electron chi connectivity index (χ3n) is 13.2. The van der Waals surface area contributed by atoms with Gasteiger partial charge in [-0.25, -0.2) is 0 Å². The Kier molecular flexibility index (Phi) is 2.84. The Morgan fingerprint density at radius 2 is 1.66 bits per heavy atom. The molecule has 9 saturated carbocycles. The van der Waals surface area contributed by atoms with Crippen LogP contribution in [0.15, 0.2) is 30.3 Å². The van der Waals surface area contributed by atoms with Crippen LogP contribution in [-0.2, 0) is 9.53 Å². The molecule has 10 rings (SSSR count). The first-order valence-corrected chi connectivity index (χ1v) is 13.1. The zero-order valence-electron chi connectivity index (χ0n) is 18.7. The predicted molar refractivity (Wildman–Crippen MR) is 115 cm³/mol. The minimum atomic E-state index is -0.946.